The molecule has 4 rings (SSSR count). The van der Waals surface area contributed by atoms with Gasteiger partial charge in [-0.05, 0) is 37.1 Å². The minimum Gasteiger partial charge on any atom is -0.336 e. The summed E-state index contributed by atoms with van der Waals surface area (Å²) in [6.07, 6.45) is 0.643. The van der Waals surface area contributed by atoms with Gasteiger partial charge in [0.2, 0.25) is 10.0 Å². The summed E-state index contributed by atoms with van der Waals surface area (Å²) >= 11 is 0. The first-order valence-corrected chi connectivity index (χ1v) is 14.4. The Kier molecular flexibility index (Phi) is 6.90. The Balaban J connectivity index is 1.41. The molecule has 0 bridgehead atoms. The standard InChI is InChI=1S/C23H29N3O5S2/c1-18(19-6-3-2-4-7-19)24-33(30,31)22-9-5-8-20(16-22)23(27)26-13-11-25(12-14-26)21-10-15-32(28,29)17-21/h2-9,16,18,21,24H,10-15,17H2,1H3/t18-,21-/m1/s1. The molecule has 1 N–H and O–H groups in total. The van der Waals surface area contributed by atoms with Crippen LogP contribution in [-0.4, -0.2) is 76.3 Å². The zero-order chi connectivity index (χ0) is 23.6. The fourth-order valence-electron chi connectivity index (χ4n) is 4.44. The lowest BCUT2D eigenvalue weighted by atomic mass is 10.1. The van der Waals surface area contributed by atoms with Gasteiger partial charge in [0.05, 0.1) is 16.4 Å². The highest BCUT2D eigenvalue weighted by Crippen LogP contribution is 2.21. The molecule has 2 atom stereocenters. The van der Waals surface area contributed by atoms with E-state index in [1.807, 2.05) is 30.3 Å². The summed E-state index contributed by atoms with van der Waals surface area (Å²) in [6, 6.07) is 15.0. The van der Waals surface area contributed by atoms with E-state index >= 15 is 0 Å². The van der Waals surface area contributed by atoms with Crippen LogP contribution in [0.4, 0.5) is 0 Å². The van der Waals surface area contributed by atoms with Crippen LogP contribution in [0.5, 0.6) is 0 Å². The van der Waals surface area contributed by atoms with Crippen molar-refractivity contribution < 1.29 is 21.6 Å². The molecule has 178 valence electrons. The van der Waals surface area contributed by atoms with Crippen LogP contribution in [0, 0.1) is 0 Å². The lowest BCUT2D eigenvalue weighted by Crippen LogP contribution is -2.52. The minimum atomic E-state index is -3.81. The molecular weight excluding hydrogens is 462 g/mol. The van der Waals surface area contributed by atoms with Crippen molar-refractivity contribution in [1.82, 2.24) is 14.5 Å². The molecular formula is C23H29N3O5S2. The number of sulfone groups is 1. The molecule has 33 heavy (non-hydrogen) atoms. The van der Waals surface area contributed by atoms with Crippen LogP contribution in [0.25, 0.3) is 0 Å². The maximum Gasteiger partial charge on any atom is 0.253 e. The summed E-state index contributed by atoms with van der Waals surface area (Å²) < 4.78 is 52.0. The van der Waals surface area contributed by atoms with E-state index in [1.54, 1.807) is 24.0 Å². The molecule has 0 aliphatic carbocycles. The first kappa shape index (κ1) is 23.9. The molecule has 0 aromatic heterocycles. The molecule has 8 nitrogen and oxygen atoms in total. The number of sulfonamides is 1. The summed E-state index contributed by atoms with van der Waals surface area (Å²) in [5.74, 6) is 0.200. The molecule has 2 fully saturated rings. The Labute approximate surface area is 195 Å². The third kappa shape index (κ3) is 5.63. The van der Waals surface area contributed by atoms with Crippen LogP contribution in [-0.2, 0) is 19.9 Å². The highest BCUT2D eigenvalue weighted by atomic mass is 32.2. The van der Waals surface area contributed by atoms with Crippen LogP contribution < -0.4 is 4.72 Å². The molecule has 2 aliphatic rings. The molecule has 2 aromatic rings. The monoisotopic (exact) mass is 491 g/mol. The molecule has 10 heteroatoms. The summed E-state index contributed by atoms with van der Waals surface area (Å²) in [5, 5.41) is 0. The number of piperazine rings is 1. The number of hydrogen-bond acceptors (Lipinski definition) is 6. The number of benzene rings is 2. The number of nitrogens with one attached hydrogen (secondary N) is 1. The number of amides is 1. The van der Waals surface area contributed by atoms with Gasteiger partial charge in [-0.2, -0.15) is 0 Å². The highest BCUT2D eigenvalue weighted by molar-refractivity contribution is 7.91. The van der Waals surface area contributed by atoms with Crippen LogP contribution in [0.1, 0.15) is 35.3 Å². The fraction of sp³-hybridized carbons (Fsp3) is 0.435. The van der Waals surface area contributed by atoms with Gasteiger partial charge < -0.3 is 4.90 Å². The van der Waals surface area contributed by atoms with Crippen molar-refractivity contribution in [2.45, 2.75) is 30.3 Å². The molecule has 1 amide bonds. The molecule has 0 radical (unpaired) electrons. The third-order valence-corrected chi connectivity index (χ3v) is 9.64. The summed E-state index contributed by atoms with van der Waals surface area (Å²) in [6.45, 7) is 3.96. The van der Waals surface area contributed by atoms with E-state index in [0.717, 1.165) is 5.56 Å². The Morgan fingerprint density at radius 2 is 1.73 bits per heavy atom. The van der Waals surface area contributed by atoms with Gasteiger partial charge in [-0.1, -0.05) is 36.4 Å². The highest BCUT2D eigenvalue weighted by Gasteiger charge is 2.34. The van der Waals surface area contributed by atoms with Gasteiger partial charge in [-0.25, -0.2) is 21.6 Å². The quantitative estimate of drug-likeness (QED) is 0.659. The topological polar surface area (TPSA) is 104 Å². The molecule has 0 spiro atoms. The second-order valence-corrected chi connectivity index (χ2v) is 12.6. The third-order valence-electron chi connectivity index (χ3n) is 6.35. The van der Waals surface area contributed by atoms with Crippen LogP contribution in [0.15, 0.2) is 59.5 Å². The number of carbonyl (C=O) groups is 1. The van der Waals surface area contributed by atoms with Crippen LogP contribution in [0.2, 0.25) is 0 Å². The van der Waals surface area contributed by atoms with Crippen molar-refractivity contribution in [3.63, 3.8) is 0 Å². The van der Waals surface area contributed by atoms with Gasteiger partial charge in [0.1, 0.15) is 0 Å². The summed E-state index contributed by atoms with van der Waals surface area (Å²) in [4.78, 5) is 16.9. The molecule has 2 heterocycles. The number of hydrogen-bond donors (Lipinski definition) is 1. The molecule has 0 unspecified atom stereocenters. The van der Waals surface area contributed by atoms with Gasteiger partial charge in [-0.3, -0.25) is 9.69 Å². The first-order valence-electron chi connectivity index (χ1n) is 11.1. The first-order chi connectivity index (χ1) is 15.6. The van der Waals surface area contributed by atoms with E-state index in [2.05, 4.69) is 9.62 Å². The van der Waals surface area contributed by atoms with Gasteiger partial charge in [0, 0.05) is 43.8 Å². The maximum atomic E-state index is 13.0. The predicted octanol–water partition coefficient (Wildman–Crippen LogP) is 1.67. The Morgan fingerprint density at radius 1 is 1.03 bits per heavy atom. The fourth-order valence-corrected chi connectivity index (χ4v) is 7.48. The van der Waals surface area contributed by atoms with Crippen molar-refractivity contribution in [2.24, 2.45) is 0 Å². The van der Waals surface area contributed by atoms with Gasteiger partial charge >= 0.3 is 0 Å². The smallest absolute Gasteiger partial charge is 0.253 e. The number of nitrogens with zero attached hydrogens (tertiary/aromatic N) is 2. The van der Waals surface area contributed by atoms with Crippen molar-refractivity contribution in [2.75, 3.05) is 37.7 Å². The lowest BCUT2D eigenvalue weighted by molar-refractivity contribution is 0.0587. The van der Waals surface area contributed by atoms with Gasteiger partial charge in [-0.15, -0.1) is 0 Å². The van der Waals surface area contributed by atoms with Crippen molar-refractivity contribution in [1.29, 1.82) is 0 Å². The van der Waals surface area contributed by atoms with E-state index < -0.39 is 25.9 Å². The Bertz CT molecular complexity index is 1210. The largest absolute Gasteiger partial charge is 0.336 e. The second-order valence-electron chi connectivity index (χ2n) is 8.67. The summed E-state index contributed by atoms with van der Waals surface area (Å²) in [7, 11) is -6.76. The predicted molar refractivity (Wildman–Crippen MR) is 126 cm³/mol. The molecule has 0 saturated carbocycles. The summed E-state index contributed by atoms with van der Waals surface area (Å²) in [5.41, 5.74) is 1.17. The van der Waals surface area contributed by atoms with Crippen LogP contribution >= 0.6 is 0 Å². The molecule has 2 saturated heterocycles. The lowest BCUT2D eigenvalue weighted by Gasteiger charge is -2.37. The van der Waals surface area contributed by atoms with Crippen molar-refractivity contribution in [3.8, 4) is 0 Å². The Morgan fingerprint density at radius 3 is 2.36 bits per heavy atom. The van der Waals surface area contributed by atoms with Gasteiger partial charge in [0.25, 0.3) is 5.91 Å². The van der Waals surface area contributed by atoms with Crippen molar-refractivity contribution in [3.05, 3.63) is 65.7 Å². The Hall–Kier alpha value is -2.27. The van der Waals surface area contributed by atoms with E-state index in [9.17, 15) is 21.6 Å². The van der Waals surface area contributed by atoms with E-state index in [0.29, 0.717) is 38.2 Å². The second kappa shape index (κ2) is 9.54. The van der Waals surface area contributed by atoms with E-state index in [1.165, 1.54) is 12.1 Å². The van der Waals surface area contributed by atoms with Crippen LogP contribution in [0.3, 0.4) is 0 Å². The molecule has 2 aromatic carbocycles. The van der Waals surface area contributed by atoms with Crippen molar-refractivity contribution >= 4 is 25.8 Å². The zero-order valence-corrected chi connectivity index (χ0v) is 20.2. The van der Waals surface area contributed by atoms with Gasteiger partial charge in [0.15, 0.2) is 9.84 Å². The van der Waals surface area contributed by atoms with E-state index in [4.69, 9.17) is 0 Å². The average Bonchev–Trinajstić information content (AvgIpc) is 3.18. The normalized spacial score (nSPS) is 22.2. The number of carbonyl (C=O) groups excluding carboxylic acids is 1. The molecule has 2 aliphatic heterocycles. The average molecular weight is 492 g/mol. The minimum absolute atomic E-state index is 0.0263. The number of rotatable bonds is 6. The zero-order valence-electron chi connectivity index (χ0n) is 18.6. The van der Waals surface area contributed by atoms with E-state index in [-0.39, 0.29) is 28.4 Å². The maximum absolute atomic E-state index is 13.0. The SMILES string of the molecule is C[C@@H](NS(=O)(=O)c1cccc(C(=O)N2CCN([C@@H]3CCS(=O)(=O)C3)CC2)c1)c1ccccc1.